The largest absolute Gasteiger partial charge is 0.477 e. The van der Waals surface area contributed by atoms with Gasteiger partial charge in [0.15, 0.2) is 5.82 Å². The molecule has 1 unspecified atom stereocenters. The van der Waals surface area contributed by atoms with Crippen LogP contribution < -0.4 is 5.32 Å². The zero-order chi connectivity index (χ0) is 15.4. The summed E-state index contributed by atoms with van der Waals surface area (Å²) in [7, 11) is 0. The minimum atomic E-state index is -1.12. The second-order valence-corrected chi connectivity index (χ2v) is 5.59. The lowest BCUT2D eigenvalue weighted by Crippen LogP contribution is -2.14. The highest BCUT2D eigenvalue weighted by Gasteiger charge is 2.14. The van der Waals surface area contributed by atoms with Gasteiger partial charge in [0, 0.05) is 17.0 Å². The molecular weight excluding hydrogens is 338 g/mol. The molecule has 6 nitrogen and oxygen atoms in total. The van der Waals surface area contributed by atoms with Crippen molar-refractivity contribution in [3.63, 3.8) is 0 Å². The van der Waals surface area contributed by atoms with Crippen LogP contribution >= 0.6 is 15.9 Å². The van der Waals surface area contributed by atoms with Gasteiger partial charge < -0.3 is 10.4 Å². The summed E-state index contributed by atoms with van der Waals surface area (Å²) < 4.78 is 0.987. The first-order valence-corrected chi connectivity index (χ1v) is 7.09. The van der Waals surface area contributed by atoms with Gasteiger partial charge in [0.2, 0.25) is 5.91 Å². The molecule has 0 aliphatic carbocycles. The van der Waals surface area contributed by atoms with Crippen LogP contribution in [0, 0.1) is 0 Å². The lowest BCUT2D eigenvalue weighted by molar-refractivity contribution is -0.116. The molecule has 0 aliphatic heterocycles. The molecule has 1 amide bonds. The first kappa shape index (κ1) is 15.2. The fourth-order valence-electron chi connectivity index (χ4n) is 1.88. The zero-order valence-electron chi connectivity index (χ0n) is 11.3. The van der Waals surface area contributed by atoms with Gasteiger partial charge in [-0.3, -0.25) is 9.89 Å². The Labute approximate surface area is 129 Å². The second kappa shape index (κ2) is 6.53. The summed E-state index contributed by atoms with van der Waals surface area (Å²) in [6, 6.07) is 9.05. The van der Waals surface area contributed by atoms with Crippen molar-refractivity contribution in [1.29, 1.82) is 0 Å². The van der Waals surface area contributed by atoms with Crippen molar-refractivity contribution in [3.05, 3.63) is 46.1 Å². The molecule has 1 aromatic carbocycles. The van der Waals surface area contributed by atoms with Crippen molar-refractivity contribution < 1.29 is 14.7 Å². The summed E-state index contributed by atoms with van der Waals surface area (Å²) in [6.07, 6.45) is 0.289. The van der Waals surface area contributed by atoms with Crippen LogP contribution in [0.2, 0.25) is 0 Å². The third-order valence-corrected chi connectivity index (χ3v) is 3.54. The number of nitrogens with one attached hydrogen (secondary N) is 2. The van der Waals surface area contributed by atoms with Gasteiger partial charge in [-0.25, -0.2) is 4.79 Å². The van der Waals surface area contributed by atoms with E-state index in [1.54, 1.807) is 0 Å². The number of carboxylic acid groups (broad SMARTS) is 1. The normalized spacial score (nSPS) is 11.9. The van der Waals surface area contributed by atoms with Gasteiger partial charge in [-0.1, -0.05) is 35.0 Å². The predicted molar refractivity (Wildman–Crippen MR) is 81.4 cm³/mol. The molecule has 110 valence electrons. The highest BCUT2D eigenvalue weighted by Crippen LogP contribution is 2.21. The maximum absolute atomic E-state index is 11.9. The SMILES string of the molecule is CC(CC(=O)Nc1cc(C(=O)O)[nH]n1)c1ccc(Br)cc1. The van der Waals surface area contributed by atoms with Crippen LogP contribution in [-0.4, -0.2) is 27.2 Å². The molecule has 0 saturated heterocycles. The first-order valence-electron chi connectivity index (χ1n) is 6.29. The number of halogens is 1. The number of aromatic amines is 1. The fraction of sp³-hybridized carbons (Fsp3) is 0.214. The monoisotopic (exact) mass is 351 g/mol. The van der Waals surface area contributed by atoms with Gasteiger partial charge in [0.05, 0.1) is 0 Å². The number of anilines is 1. The van der Waals surface area contributed by atoms with Crippen molar-refractivity contribution in [2.45, 2.75) is 19.3 Å². The topological polar surface area (TPSA) is 95.1 Å². The van der Waals surface area contributed by atoms with Crippen molar-refractivity contribution in [2.24, 2.45) is 0 Å². The van der Waals surface area contributed by atoms with E-state index in [9.17, 15) is 9.59 Å². The number of rotatable bonds is 5. The molecule has 1 atom stereocenters. The van der Waals surface area contributed by atoms with Gasteiger partial charge >= 0.3 is 5.97 Å². The van der Waals surface area contributed by atoms with E-state index in [-0.39, 0.29) is 29.8 Å². The molecule has 0 radical (unpaired) electrons. The van der Waals surface area contributed by atoms with Crippen LogP contribution in [0.25, 0.3) is 0 Å². The van der Waals surface area contributed by atoms with E-state index in [1.165, 1.54) is 6.07 Å². The first-order chi connectivity index (χ1) is 9.95. The number of aromatic nitrogens is 2. The molecule has 2 rings (SSSR count). The maximum atomic E-state index is 11.9. The third kappa shape index (κ3) is 4.16. The number of hydrogen-bond donors (Lipinski definition) is 3. The van der Waals surface area contributed by atoms with Gasteiger partial charge in [0.25, 0.3) is 0 Å². The molecule has 21 heavy (non-hydrogen) atoms. The standard InChI is InChI=1S/C14H14BrN3O3/c1-8(9-2-4-10(15)5-3-9)6-13(19)16-12-7-11(14(20)21)17-18-12/h2-5,7-8H,6H2,1H3,(H,20,21)(H2,16,17,18,19). The van der Waals surface area contributed by atoms with Gasteiger partial charge in [-0.05, 0) is 23.6 Å². The predicted octanol–water partition coefficient (Wildman–Crippen LogP) is 3.00. The van der Waals surface area contributed by atoms with Crippen LogP contribution in [0.1, 0.15) is 35.3 Å². The van der Waals surface area contributed by atoms with E-state index < -0.39 is 5.97 Å². The number of carbonyl (C=O) groups is 2. The molecule has 2 aromatic rings. The van der Waals surface area contributed by atoms with Gasteiger partial charge in [-0.15, -0.1) is 0 Å². The van der Waals surface area contributed by atoms with Crippen LogP contribution in [0.15, 0.2) is 34.8 Å². The second-order valence-electron chi connectivity index (χ2n) is 4.68. The number of benzene rings is 1. The maximum Gasteiger partial charge on any atom is 0.353 e. The van der Waals surface area contributed by atoms with Crippen LogP contribution in [-0.2, 0) is 4.79 Å². The Morgan fingerprint density at radius 2 is 2.05 bits per heavy atom. The van der Waals surface area contributed by atoms with E-state index in [1.807, 2.05) is 31.2 Å². The molecule has 0 bridgehead atoms. The molecule has 0 spiro atoms. The van der Waals surface area contributed by atoms with E-state index in [4.69, 9.17) is 5.11 Å². The van der Waals surface area contributed by atoms with E-state index in [2.05, 4.69) is 31.4 Å². The van der Waals surface area contributed by atoms with Crippen molar-refractivity contribution in [3.8, 4) is 0 Å². The number of carboxylic acids is 1. The molecular formula is C14H14BrN3O3. The van der Waals surface area contributed by atoms with Crippen LogP contribution in [0.3, 0.4) is 0 Å². The number of carbonyl (C=O) groups excluding carboxylic acids is 1. The minimum absolute atomic E-state index is 0.0518. The van der Waals surface area contributed by atoms with Crippen LogP contribution in [0.4, 0.5) is 5.82 Å². The van der Waals surface area contributed by atoms with E-state index in [0.29, 0.717) is 0 Å². The van der Waals surface area contributed by atoms with Crippen molar-refractivity contribution in [2.75, 3.05) is 5.32 Å². The molecule has 0 aliphatic rings. The Hall–Kier alpha value is -2.15. The molecule has 0 saturated carbocycles. The number of nitrogens with zero attached hydrogens (tertiary/aromatic N) is 1. The smallest absolute Gasteiger partial charge is 0.353 e. The lowest BCUT2D eigenvalue weighted by atomic mass is 9.98. The molecule has 0 fully saturated rings. The number of aromatic carboxylic acids is 1. The Morgan fingerprint density at radius 1 is 1.38 bits per heavy atom. The Bertz CT molecular complexity index is 652. The highest BCUT2D eigenvalue weighted by atomic mass is 79.9. The highest BCUT2D eigenvalue weighted by molar-refractivity contribution is 9.10. The molecule has 1 aromatic heterocycles. The lowest BCUT2D eigenvalue weighted by Gasteiger charge is -2.11. The number of H-pyrrole nitrogens is 1. The zero-order valence-corrected chi connectivity index (χ0v) is 12.8. The molecule has 1 heterocycles. The number of amides is 1. The summed E-state index contributed by atoms with van der Waals surface area (Å²) in [5.41, 5.74) is 0.993. The summed E-state index contributed by atoms with van der Waals surface area (Å²) >= 11 is 3.36. The quantitative estimate of drug-likeness (QED) is 0.771. The average Bonchev–Trinajstić information content (AvgIpc) is 2.87. The van der Waals surface area contributed by atoms with Gasteiger partial charge in [0.1, 0.15) is 5.69 Å². The van der Waals surface area contributed by atoms with Crippen molar-refractivity contribution in [1.82, 2.24) is 10.2 Å². The fourth-order valence-corrected chi connectivity index (χ4v) is 2.14. The summed E-state index contributed by atoms with van der Waals surface area (Å²) in [4.78, 5) is 22.6. The minimum Gasteiger partial charge on any atom is -0.477 e. The molecule has 3 N–H and O–H groups in total. The van der Waals surface area contributed by atoms with E-state index >= 15 is 0 Å². The summed E-state index contributed by atoms with van der Waals surface area (Å²) in [5, 5.41) is 17.4. The van der Waals surface area contributed by atoms with Gasteiger partial charge in [-0.2, -0.15) is 5.10 Å². The Morgan fingerprint density at radius 3 is 2.62 bits per heavy atom. The third-order valence-electron chi connectivity index (χ3n) is 3.01. The summed E-state index contributed by atoms with van der Waals surface area (Å²) in [6.45, 7) is 1.95. The number of hydrogen-bond acceptors (Lipinski definition) is 3. The molecule has 7 heteroatoms. The van der Waals surface area contributed by atoms with Crippen molar-refractivity contribution >= 4 is 33.6 Å². The van der Waals surface area contributed by atoms with E-state index in [0.717, 1.165) is 10.0 Å². The van der Waals surface area contributed by atoms with Crippen LogP contribution in [0.5, 0.6) is 0 Å². The Balaban J connectivity index is 1.94. The Kier molecular flexibility index (Phi) is 4.74. The average molecular weight is 352 g/mol. The summed E-state index contributed by atoms with van der Waals surface area (Å²) in [5.74, 6) is -1.07.